The summed E-state index contributed by atoms with van der Waals surface area (Å²) < 4.78 is 5.12. The van der Waals surface area contributed by atoms with E-state index in [1.54, 1.807) is 30.3 Å². The fourth-order valence-corrected chi connectivity index (χ4v) is 5.47. The summed E-state index contributed by atoms with van der Waals surface area (Å²) in [4.78, 5) is 52.3. The van der Waals surface area contributed by atoms with Gasteiger partial charge in [-0.1, -0.05) is 48.0 Å². The van der Waals surface area contributed by atoms with Gasteiger partial charge in [-0.15, -0.1) is 0 Å². The number of carbonyl (C=O) groups excluding carboxylic acids is 4. The number of anilines is 2. The average Bonchev–Trinajstić information content (AvgIpc) is 3.19. The highest BCUT2D eigenvalue weighted by Gasteiger charge is 2.50. The number of nitrogens with zero attached hydrogens (tertiary/aromatic N) is 1. The number of aryl methyl sites for hydroxylation is 1. The molecule has 1 N–H and O–H groups in total. The minimum atomic E-state index is -0.688. The Hall–Kier alpha value is -3.97. The Morgan fingerprint density at radius 2 is 1.66 bits per heavy atom. The summed E-state index contributed by atoms with van der Waals surface area (Å²) in [6.45, 7) is 1.38. The van der Waals surface area contributed by atoms with Crippen molar-refractivity contribution in [2.24, 2.45) is 11.8 Å². The van der Waals surface area contributed by atoms with Gasteiger partial charge in [-0.05, 0) is 79.6 Å². The van der Waals surface area contributed by atoms with Crippen molar-refractivity contribution >= 4 is 46.7 Å². The Morgan fingerprint density at radius 1 is 0.947 bits per heavy atom. The molecule has 1 aliphatic heterocycles. The van der Waals surface area contributed by atoms with Gasteiger partial charge in [-0.3, -0.25) is 19.3 Å². The number of ether oxygens (including phenoxy) is 1. The van der Waals surface area contributed by atoms with E-state index in [2.05, 4.69) is 17.4 Å². The van der Waals surface area contributed by atoms with Gasteiger partial charge in [0, 0.05) is 10.7 Å². The van der Waals surface area contributed by atoms with E-state index in [1.807, 2.05) is 25.1 Å². The van der Waals surface area contributed by atoms with Gasteiger partial charge in [0.2, 0.25) is 11.8 Å². The van der Waals surface area contributed by atoms with Crippen LogP contribution in [0.25, 0.3) is 0 Å². The van der Waals surface area contributed by atoms with Crippen molar-refractivity contribution in [3.05, 3.63) is 94.5 Å². The molecule has 3 atom stereocenters. The second-order valence-corrected chi connectivity index (χ2v) is 10.2. The maximum absolute atomic E-state index is 13.3. The third kappa shape index (κ3) is 5.20. The van der Waals surface area contributed by atoms with E-state index >= 15 is 0 Å². The Balaban J connectivity index is 1.19. The third-order valence-electron chi connectivity index (χ3n) is 7.35. The first-order valence-corrected chi connectivity index (χ1v) is 13.0. The Labute approximate surface area is 225 Å². The molecule has 3 amide bonds. The van der Waals surface area contributed by atoms with Gasteiger partial charge in [-0.2, -0.15) is 0 Å². The van der Waals surface area contributed by atoms with Crippen LogP contribution in [0.1, 0.15) is 46.7 Å². The normalized spacial score (nSPS) is 20.7. The maximum atomic E-state index is 13.3. The zero-order chi connectivity index (χ0) is 26.8. The van der Waals surface area contributed by atoms with Crippen LogP contribution < -0.4 is 10.2 Å². The number of hydrogen-bond acceptors (Lipinski definition) is 5. The predicted octanol–water partition coefficient (Wildman–Crippen LogP) is 5.52. The molecule has 7 nitrogen and oxygen atoms in total. The lowest BCUT2D eigenvalue weighted by molar-refractivity contribution is -0.122. The minimum absolute atomic E-state index is 0.185. The molecule has 0 spiro atoms. The second-order valence-electron chi connectivity index (χ2n) is 9.78. The largest absolute Gasteiger partial charge is 0.452 e. The summed E-state index contributed by atoms with van der Waals surface area (Å²) in [5.74, 6) is -1.96. The number of hydrogen-bond donors (Lipinski definition) is 1. The van der Waals surface area contributed by atoms with Gasteiger partial charge in [0.25, 0.3) is 5.91 Å². The lowest BCUT2D eigenvalue weighted by Crippen LogP contribution is -2.30. The van der Waals surface area contributed by atoms with Crippen LogP contribution in [0.5, 0.6) is 0 Å². The minimum Gasteiger partial charge on any atom is -0.452 e. The van der Waals surface area contributed by atoms with Crippen molar-refractivity contribution in [1.29, 1.82) is 0 Å². The number of amides is 3. The summed E-state index contributed by atoms with van der Waals surface area (Å²) in [6, 6.07) is 21.3. The summed E-state index contributed by atoms with van der Waals surface area (Å²) >= 11 is 6.07. The number of halogens is 1. The Morgan fingerprint density at radius 3 is 2.37 bits per heavy atom. The monoisotopic (exact) mass is 530 g/mol. The molecule has 3 aromatic rings. The van der Waals surface area contributed by atoms with E-state index in [9.17, 15) is 19.2 Å². The topological polar surface area (TPSA) is 92.8 Å². The van der Waals surface area contributed by atoms with Crippen LogP contribution in [0.2, 0.25) is 5.02 Å². The molecule has 0 bridgehead atoms. The summed E-state index contributed by atoms with van der Waals surface area (Å²) in [6.07, 6.45) is 2.19. The molecule has 0 unspecified atom stereocenters. The van der Waals surface area contributed by atoms with Gasteiger partial charge >= 0.3 is 5.97 Å². The van der Waals surface area contributed by atoms with Gasteiger partial charge in [0.15, 0.2) is 6.61 Å². The molecular weight excluding hydrogens is 504 g/mol. The number of carbonyl (C=O) groups is 4. The molecule has 1 heterocycles. The first-order chi connectivity index (χ1) is 18.3. The zero-order valence-electron chi connectivity index (χ0n) is 20.9. The van der Waals surface area contributed by atoms with E-state index < -0.39 is 18.5 Å². The lowest BCUT2D eigenvalue weighted by Gasteiger charge is -2.28. The summed E-state index contributed by atoms with van der Waals surface area (Å²) in [7, 11) is 0. The van der Waals surface area contributed by atoms with Crippen LogP contribution in [0, 0.1) is 18.8 Å². The fraction of sp³-hybridized carbons (Fsp3) is 0.267. The molecule has 1 saturated heterocycles. The molecular formula is C30H27ClN2O5. The number of benzene rings is 3. The van der Waals surface area contributed by atoms with Crippen molar-refractivity contribution in [3.8, 4) is 0 Å². The van der Waals surface area contributed by atoms with Crippen LogP contribution in [0.15, 0.2) is 72.8 Å². The van der Waals surface area contributed by atoms with Crippen LogP contribution >= 0.6 is 11.6 Å². The Kier molecular flexibility index (Phi) is 7.29. The van der Waals surface area contributed by atoms with E-state index in [4.69, 9.17) is 16.3 Å². The van der Waals surface area contributed by atoms with Crippen molar-refractivity contribution in [1.82, 2.24) is 0 Å². The molecule has 38 heavy (non-hydrogen) atoms. The molecule has 194 valence electrons. The standard InChI is InChI=1S/C30H27ClN2O5/c1-18-7-11-22(16-26(18)31)32-27(34)17-38-30(37)20-8-12-23(13-9-20)33-28(35)24-14-10-21(15-25(24)29(33)36)19-5-3-2-4-6-19/h2-9,11-13,16,21,24-25H,10,14-15,17H2,1H3,(H,32,34)/t21-,24+,25-/m0/s1. The van der Waals surface area contributed by atoms with Crippen LogP contribution in [0.3, 0.4) is 0 Å². The van der Waals surface area contributed by atoms with Crippen LogP contribution in [-0.4, -0.2) is 30.3 Å². The molecule has 2 fully saturated rings. The van der Waals surface area contributed by atoms with Crippen LogP contribution in [0.4, 0.5) is 11.4 Å². The van der Waals surface area contributed by atoms with Gasteiger partial charge in [0.05, 0.1) is 23.1 Å². The molecule has 2 aliphatic rings. The highest BCUT2D eigenvalue weighted by molar-refractivity contribution is 6.31. The molecule has 8 heteroatoms. The van der Waals surface area contributed by atoms with Gasteiger partial charge in [0.1, 0.15) is 0 Å². The lowest BCUT2D eigenvalue weighted by atomic mass is 9.73. The molecule has 0 radical (unpaired) electrons. The highest BCUT2D eigenvalue weighted by atomic mass is 35.5. The average molecular weight is 531 g/mol. The van der Waals surface area contributed by atoms with Gasteiger partial charge < -0.3 is 10.1 Å². The first kappa shape index (κ1) is 25.7. The van der Waals surface area contributed by atoms with Crippen molar-refractivity contribution < 1.29 is 23.9 Å². The molecule has 1 saturated carbocycles. The summed E-state index contributed by atoms with van der Waals surface area (Å²) in [5.41, 5.74) is 3.22. The number of nitrogens with one attached hydrogen (secondary N) is 1. The summed E-state index contributed by atoms with van der Waals surface area (Å²) in [5, 5.41) is 3.15. The van der Waals surface area contributed by atoms with Crippen molar-refractivity contribution in [3.63, 3.8) is 0 Å². The van der Waals surface area contributed by atoms with E-state index in [1.165, 1.54) is 22.6 Å². The van der Waals surface area contributed by atoms with Gasteiger partial charge in [-0.25, -0.2) is 4.79 Å². The third-order valence-corrected chi connectivity index (χ3v) is 7.75. The maximum Gasteiger partial charge on any atom is 0.338 e. The molecule has 5 rings (SSSR count). The predicted molar refractivity (Wildman–Crippen MR) is 144 cm³/mol. The number of rotatable bonds is 6. The zero-order valence-corrected chi connectivity index (χ0v) is 21.6. The number of fused-ring (bicyclic) bond motifs is 1. The second kappa shape index (κ2) is 10.8. The molecule has 1 aliphatic carbocycles. The smallest absolute Gasteiger partial charge is 0.338 e. The Bertz CT molecular complexity index is 1390. The van der Waals surface area contributed by atoms with E-state index in [-0.39, 0.29) is 35.1 Å². The SMILES string of the molecule is Cc1ccc(NC(=O)COC(=O)c2ccc(N3C(=O)[C@H]4C[C@@H](c5ccccc5)CC[C@H]4C3=O)cc2)cc1Cl. The number of imide groups is 1. The molecule has 3 aromatic carbocycles. The highest BCUT2D eigenvalue weighted by Crippen LogP contribution is 2.45. The molecule has 0 aromatic heterocycles. The van der Waals surface area contributed by atoms with Crippen molar-refractivity contribution in [2.75, 3.05) is 16.8 Å². The fourth-order valence-electron chi connectivity index (χ4n) is 5.29. The quantitative estimate of drug-likeness (QED) is 0.335. The number of esters is 1. The first-order valence-electron chi connectivity index (χ1n) is 12.6. The van der Waals surface area contributed by atoms with Crippen molar-refractivity contribution in [2.45, 2.75) is 32.1 Å². The van der Waals surface area contributed by atoms with E-state index in [0.717, 1.165) is 12.0 Å². The van der Waals surface area contributed by atoms with E-state index in [0.29, 0.717) is 29.2 Å². The van der Waals surface area contributed by atoms with Crippen LogP contribution in [-0.2, 0) is 19.1 Å².